The molecule has 1 heterocycles. The predicted molar refractivity (Wildman–Crippen MR) is 126 cm³/mol. The van der Waals surface area contributed by atoms with Crippen LogP contribution >= 0.6 is 12.2 Å². The van der Waals surface area contributed by atoms with E-state index in [1.165, 1.54) is 0 Å². The Morgan fingerprint density at radius 3 is 2.56 bits per heavy atom. The second-order valence-electron chi connectivity index (χ2n) is 6.83. The molecule has 0 saturated carbocycles. The maximum absolute atomic E-state index is 5.90. The van der Waals surface area contributed by atoms with Gasteiger partial charge in [0.1, 0.15) is 12.4 Å². The lowest BCUT2D eigenvalue weighted by Gasteiger charge is -2.09. The van der Waals surface area contributed by atoms with E-state index >= 15 is 0 Å². The van der Waals surface area contributed by atoms with Gasteiger partial charge in [0.25, 0.3) is 0 Å². The van der Waals surface area contributed by atoms with Gasteiger partial charge in [-0.15, -0.1) is 0 Å². The molecule has 0 fully saturated rings. The van der Waals surface area contributed by atoms with Crippen LogP contribution in [0, 0.1) is 4.77 Å². The van der Waals surface area contributed by atoms with Crippen molar-refractivity contribution in [3.63, 3.8) is 0 Å². The molecular weight excluding hydrogens is 424 g/mol. The number of nitrogens with one attached hydrogen (secondary N) is 1. The minimum atomic E-state index is 0.377. The fraction of sp³-hybridized carbons (Fsp3) is 0.125. The van der Waals surface area contributed by atoms with Crippen LogP contribution in [0.5, 0.6) is 17.2 Å². The van der Waals surface area contributed by atoms with Gasteiger partial charge in [-0.05, 0) is 53.7 Å². The molecule has 7 nitrogen and oxygen atoms in total. The van der Waals surface area contributed by atoms with E-state index in [-0.39, 0.29) is 0 Å². The molecule has 0 atom stereocenters. The summed E-state index contributed by atoms with van der Waals surface area (Å²) in [5, 5.41) is 11.6. The fourth-order valence-electron chi connectivity index (χ4n) is 3.11. The largest absolute Gasteiger partial charge is 0.493 e. The van der Waals surface area contributed by atoms with Gasteiger partial charge in [0.15, 0.2) is 17.3 Å². The van der Waals surface area contributed by atoms with Crippen molar-refractivity contribution < 1.29 is 14.2 Å². The molecule has 4 rings (SSSR count). The summed E-state index contributed by atoms with van der Waals surface area (Å²) >= 11 is 5.37. The number of rotatable bonds is 8. The summed E-state index contributed by atoms with van der Waals surface area (Å²) in [6.45, 7) is 0.498. The molecule has 8 heteroatoms. The Balaban J connectivity index is 1.56. The summed E-state index contributed by atoms with van der Waals surface area (Å²) < 4.78 is 18.5. The molecule has 0 aliphatic heterocycles. The van der Waals surface area contributed by atoms with Crippen LogP contribution < -0.4 is 14.2 Å². The van der Waals surface area contributed by atoms with E-state index in [4.69, 9.17) is 26.4 Å². The minimum absolute atomic E-state index is 0.377. The van der Waals surface area contributed by atoms with Crippen molar-refractivity contribution in [2.24, 2.45) is 5.10 Å². The predicted octanol–water partition coefficient (Wildman–Crippen LogP) is 5.09. The Morgan fingerprint density at radius 1 is 0.969 bits per heavy atom. The number of methoxy groups -OCH3 is 2. The maximum atomic E-state index is 5.90. The van der Waals surface area contributed by atoms with Gasteiger partial charge in [-0.1, -0.05) is 42.5 Å². The zero-order valence-electron chi connectivity index (χ0n) is 17.7. The second kappa shape index (κ2) is 9.93. The molecule has 1 N–H and O–H groups in total. The standard InChI is InChI=1S/C24H22N4O3S/c1-29-21-12-11-19(14-22(21)30-2)23-26-27-24(32)28(23)25-15-18-9-6-10-20(13-18)31-16-17-7-4-3-5-8-17/h3-15H,16H2,1-2H3,(H,27,32)/b25-15-. The van der Waals surface area contributed by atoms with E-state index < -0.39 is 0 Å². The Labute approximate surface area is 190 Å². The normalized spacial score (nSPS) is 10.9. The quantitative estimate of drug-likeness (QED) is 0.302. The van der Waals surface area contributed by atoms with E-state index in [0.717, 1.165) is 22.4 Å². The Morgan fingerprint density at radius 2 is 1.78 bits per heavy atom. The molecule has 4 aromatic rings. The number of H-pyrrole nitrogens is 1. The molecule has 0 spiro atoms. The van der Waals surface area contributed by atoms with E-state index in [2.05, 4.69) is 15.3 Å². The third-order valence-corrected chi connectivity index (χ3v) is 4.99. The molecule has 0 bridgehead atoms. The Hall–Kier alpha value is -3.91. The van der Waals surface area contributed by atoms with Crippen LogP contribution in [0.2, 0.25) is 0 Å². The van der Waals surface area contributed by atoms with E-state index in [1.54, 1.807) is 25.1 Å². The molecule has 3 aromatic carbocycles. The Bertz CT molecular complexity index is 1280. The lowest BCUT2D eigenvalue weighted by Crippen LogP contribution is -1.97. The number of hydrogen-bond acceptors (Lipinski definition) is 6. The summed E-state index contributed by atoms with van der Waals surface area (Å²) in [6.07, 6.45) is 1.71. The summed E-state index contributed by atoms with van der Waals surface area (Å²) in [4.78, 5) is 0. The fourth-order valence-corrected chi connectivity index (χ4v) is 3.29. The molecule has 1 aromatic heterocycles. The van der Waals surface area contributed by atoms with Crippen molar-refractivity contribution in [3.05, 3.63) is 88.7 Å². The van der Waals surface area contributed by atoms with E-state index in [9.17, 15) is 0 Å². The molecule has 0 amide bonds. The number of ether oxygens (including phenoxy) is 3. The van der Waals surface area contributed by atoms with Gasteiger partial charge in [-0.25, -0.2) is 5.10 Å². The van der Waals surface area contributed by atoms with Gasteiger partial charge in [-0.2, -0.15) is 14.9 Å². The zero-order chi connectivity index (χ0) is 22.3. The average molecular weight is 447 g/mol. The molecule has 32 heavy (non-hydrogen) atoms. The molecule has 0 radical (unpaired) electrons. The third kappa shape index (κ3) is 4.87. The zero-order valence-corrected chi connectivity index (χ0v) is 18.5. The number of aromatic nitrogens is 3. The lowest BCUT2D eigenvalue weighted by molar-refractivity contribution is 0.306. The summed E-state index contributed by atoms with van der Waals surface area (Å²) in [5.74, 6) is 2.54. The van der Waals surface area contributed by atoms with Gasteiger partial charge in [0.05, 0.1) is 20.4 Å². The van der Waals surface area contributed by atoms with Gasteiger partial charge >= 0.3 is 0 Å². The highest BCUT2D eigenvalue weighted by Gasteiger charge is 2.12. The van der Waals surface area contributed by atoms with Gasteiger partial charge in [-0.3, -0.25) is 0 Å². The molecular formula is C24H22N4O3S. The summed E-state index contributed by atoms with van der Waals surface area (Å²) in [5.41, 5.74) is 2.76. The second-order valence-corrected chi connectivity index (χ2v) is 7.21. The molecule has 0 saturated heterocycles. The average Bonchev–Trinajstić information content (AvgIpc) is 3.22. The first kappa shape index (κ1) is 21.3. The van der Waals surface area contributed by atoms with Gasteiger partial charge in [0.2, 0.25) is 4.77 Å². The first-order chi connectivity index (χ1) is 15.7. The smallest absolute Gasteiger partial charge is 0.216 e. The van der Waals surface area contributed by atoms with Crippen LogP contribution in [0.3, 0.4) is 0 Å². The van der Waals surface area contributed by atoms with Crippen molar-refractivity contribution >= 4 is 18.4 Å². The number of aromatic amines is 1. The summed E-state index contributed by atoms with van der Waals surface area (Å²) in [7, 11) is 3.18. The first-order valence-corrected chi connectivity index (χ1v) is 10.3. The van der Waals surface area contributed by atoms with Crippen molar-refractivity contribution in [1.29, 1.82) is 0 Å². The van der Waals surface area contributed by atoms with Crippen LogP contribution in [0.15, 0.2) is 77.9 Å². The summed E-state index contributed by atoms with van der Waals surface area (Å²) in [6, 6.07) is 23.2. The first-order valence-electron chi connectivity index (χ1n) is 9.89. The van der Waals surface area contributed by atoms with Gasteiger partial charge < -0.3 is 14.2 Å². The van der Waals surface area contributed by atoms with E-state index in [1.807, 2.05) is 72.8 Å². The van der Waals surface area contributed by atoms with Crippen LogP contribution in [0.25, 0.3) is 11.4 Å². The van der Waals surface area contributed by atoms with Crippen LogP contribution in [-0.4, -0.2) is 35.3 Å². The number of nitrogens with zero attached hydrogens (tertiary/aromatic N) is 3. The van der Waals surface area contributed by atoms with Gasteiger partial charge in [0, 0.05) is 5.56 Å². The van der Waals surface area contributed by atoms with Crippen molar-refractivity contribution in [2.45, 2.75) is 6.61 Å². The van der Waals surface area contributed by atoms with Crippen LogP contribution in [0.4, 0.5) is 0 Å². The molecule has 162 valence electrons. The highest BCUT2D eigenvalue weighted by molar-refractivity contribution is 7.71. The van der Waals surface area contributed by atoms with Crippen molar-refractivity contribution in [1.82, 2.24) is 14.9 Å². The van der Waals surface area contributed by atoms with Crippen LogP contribution in [0.1, 0.15) is 11.1 Å². The monoisotopic (exact) mass is 446 g/mol. The van der Waals surface area contributed by atoms with Crippen molar-refractivity contribution in [2.75, 3.05) is 14.2 Å². The molecule has 0 aliphatic rings. The Kier molecular flexibility index (Phi) is 6.62. The lowest BCUT2D eigenvalue weighted by atomic mass is 10.2. The number of benzene rings is 3. The molecule has 0 unspecified atom stereocenters. The number of hydrogen-bond donors (Lipinski definition) is 1. The van der Waals surface area contributed by atoms with Crippen molar-refractivity contribution in [3.8, 4) is 28.6 Å². The topological polar surface area (TPSA) is 73.7 Å². The molecule has 0 aliphatic carbocycles. The SMILES string of the molecule is COc1ccc(-c2n[nH]c(=S)n2/N=C\c2cccc(OCc3ccccc3)c2)cc1OC. The minimum Gasteiger partial charge on any atom is -0.493 e. The third-order valence-electron chi connectivity index (χ3n) is 4.72. The maximum Gasteiger partial charge on any atom is 0.216 e. The van der Waals surface area contributed by atoms with Crippen LogP contribution in [-0.2, 0) is 6.61 Å². The highest BCUT2D eigenvalue weighted by Crippen LogP contribution is 2.31. The highest BCUT2D eigenvalue weighted by atomic mass is 32.1. The van der Waals surface area contributed by atoms with E-state index in [0.29, 0.717) is 28.7 Å².